The summed E-state index contributed by atoms with van der Waals surface area (Å²) in [5.41, 5.74) is 0.247. The summed E-state index contributed by atoms with van der Waals surface area (Å²) in [7, 11) is 1.35. The number of hydrogen-bond acceptors (Lipinski definition) is 6. The number of aromatic nitrogens is 2. The molecule has 1 atom stereocenters. The van der Waals surface area contributed by atoms with Crippen molar-refractivity contribution in [2.75, 3.05) is 25.1 Å². The summed E-state index contributed by atoms with van der Waals surface area (Å²) in [4.78, 5) is 22.3. The van der Waals surface area contributed by atoms with Crippen LogP contribution in [-0.4, -0.2) is 48.2 Å². The van der Waals surface area contributed by atoms with Gasteiger partial charge in [0.25, 0.3) is 0 Å². The number of piperidine rings is 1. The molecule has 0 radical (unpaired) electrons. The summed E-state index contributed by atoms with van der Waals surface area (Å²) >= 11 is 0. The van der Waals surface area contributed by atoms with Crippen LogP contribution < -0.4 is 10.2 Å². The third-order valence-electron chi connectivity index (χ3n) is 3.76. The van der Waals surface area contributed by atoms with E-state index in [0.717, 1.165) is 18.9 Å². The number of esters is 1. The Hall–Kier alpha value is -1.69. The van der Waals surface area contributed by atoms with Crippen molar-refractivity contribution in [2.45, 2.75) is 45.2 Å². The summed E-state index contributed by atoms with van der Waals surface area (Å²) in [6.45, 7) is 6.19. The number of nitrogens with one attached hydrogen (secondary N) is 1. The van der Waals surface area contributed by atoms with Gasteiger partial charge in [0.1, 0.15) is 5.82 Å². The molecule has 1 aliphatic heterocycles. The smallest absolute Gasteiger partial charge is 0.358 e. The van der Waals surface area contributed by atoms with Crippen molar-refractivity contribution >= 4 is 11.8 Å². The first-order chi connectivity index (χ1) is 10.1. The minimum atomic E-state index is -0.455. The Kier molecular flexibility index (Phi) is 5.50. The second kappa shape index (κ2) is 7.36. The number of rotatable bonds is 5. The van der Waals surface area contributed by atoms with Crippen LogP contribution in [0.5, 0.6) is 0 Å². The highest BCUT2D eigenvalue weighted by Gasteiger charge is 2.21. The van der Waals surface area contributed by atoms with E-state index in [9.17, 15) is 4.79 Å². The van der Waals surface area contributed by atoms with Crippen LogP contribution in [0, 0.1) is 0 Å². The second-order valence-corrected chi connectivity index (χ2v) is 5.65. The molecule has 1 saturated heterocycles. The fraction of sp³-hybridized carbons (Fsp3) is 0.667. The lowest BCUT2D eigenvalue weighted by Crippen LogP contribution is -2.46. The average molecular weight is 292 g/mol. The van der Waals surface area contributed by atoms with Crippen molar-refractivity contribution in [3.8, 4) is 0 Å². The van der Waals surface area contributed by atoms with Gasteiger partial charge in [-0.2, -0.15) is 0 Å². The molecule has 1 fully saturated rings. The van der Waals surface area contributed by atoms with Gasteiger partial charge in [0.15, 0.2) is 5.69 Å². The Morgan fingerprint density at radius 3 is 2.90 bits per heavy atom. The summed E-state index contributed by atoms with van der Waals surface area (Å²) < 4.78 is 4.71. The van der Waals surface area contributed by atoms with Crippen LogP contribution >= 0.6 is 0 Å². The molecule has 0 spiro atoms. The van der Waals surface area contributed by atoms with Gasteiger partial charge in [0.05, 0.1) is 19.5 Å². The zero-order valence-corrected chi connectivity index (χ0v) is 13.0. The maximum Gasteiger partial charge on any atom is 0.358 e. The molecule has 0 saturated carbocycles. The van der Waals surface area contributed by atoms with Crippen LogP contribution in [0.15, 0.2) is 12.4 Å². The fourth-order valence-electron chi connectivity index (χ4n) is 2.58. The SMILES string of the molecule is COC(=O)c1cncc(N(CC2CCCCN2)C(C)C)n1. The van der Waals surface area contributed by atoms with E-state index in [1.54, 1.807) is 6.20 Å². The fourth-order valence-corrected chi connectivity index (χ4v) is 2.58. The first kappa shape index (κ1) is 15.7. The van der Waals surface area contributed by atoms with Crippen molar-refractivity contribution < 1.29 is 9.53 Å². The van der Waals surface area contributed by atoms with Crippen LogP contribution in [0.25, 0.3) is 0 Å². The number of methoxy groups -OCH3 is 1. The number of ether oxygens (including phenoxy) is 1. The van der Waals surface area contributed by atoms with Crippen LogP contribution in [0.1, 0.15) is 43.6 Å². The van der Waals surface area contributed by atoms with Crippen molar-refractivity contribution in [3.63, 3.8) is 0 Å². The number of hydrogen-bond donors (Lipinski definition) is 1. The molecule has 6 heteroatoms. The largest absolute Gasteiger partial charge is 0.464 e. The molecule has 21 heavy (non-hydrogen) atoms. The van der Waals surface area contributed by atoms with Gasteiger partial charge < -0.3 is 15.0 Å². The van der Waals surface area contributed by atoms with Crippen molar-refractivity contribution in [3.05, 3.63) is 18.1 Å². The molecule has 1 N–H and O–H groups in total. The van der Waals surface area contributed by atoms with E-state index in [-0.39, 0.29) is 11.7 Å². The Balaban J connectivity index is 2.15. The molecular formula is C15H24N4O2. The maximum absolute atomic E-state index is 11.6. The molecule has 0 aliphatic carbocycles. The van der Waals surface area contributed by atoms with Gasteiger partial charge in [-0.25, -0.2) is 9.78 Å². The molecule has 1 aromatic heterocycles. The Labute approximate surface area is 125 Å². The Morgan fingerprint density at radius 2 is 2.29 bits per heavy atom. The number of nitrogens with zero attached hydrogens (tertiary/aromatic N) is 3. The quantitative estimate of drug-likeness (QED) is 0.832. The zero-order chi connectivity index (χ0) is 15.2. The van der Waals surface area contributed by atoms with Gasteiger partial charge in [-0.15, -0.1) is 0 Å². The van der Waals surface area contributed by atoms with E-state index in [4.69, 9.17) is 4.74 Å². The lowest BCUT2D eigenvalue weighted by molar-refractivity contribution is 0.0593. The van der Waals surface area contributed by atoms with Crippen molar-refractivity contribution in [1.82, 2.24) is 15.3 Å². The van der Waals surface area contributed by atoms with E-state index < -0.39 is 5.97 Å². The Morgan fingerprint density at radius 1 is 1.48 bits per heavy atom. The highest BCUT2D eigenvalue weighted by Crippen LogP contribution is 2.17. The molecule has 116 valence electrons. The topological polar surface area (TPSA) is 67.3 Å². The van der Waals surface area contributed by atoms with E-state index in [1.165, 1.54) is 32.6 Å². The molecular weight excluding hydrogens is 268 g/mol. The Bertz CT molecular complexity index is 472. The molecule has 0 bridgehead atoms. The predicted molar refractivity (Wildman–Crippen MR) is 81.5 cm³/mol. The second-order valence-electron chi connectivity index (χ2n) is 5.65. The summed E-state index contributed by atoms with van der Waals surface area (Å²) in [5.74, 6) is 0.268. The molecule has 2 rings (SSSR count). The lowest BCUT2D eigenvalue weighted by atomic mass is 10.0. The van der Waals surface area contributed by atoms with E-state index in [0.29, 0.717) is 6.04 Å². The average Bonchev–Trinajstić information content (AvgIpc) is 2.52. The third kappa shape index (κ3) is 4.14. The van der Waals surface area contributed by atoms with Gasteiger partial charge in [0.2, 0.25) is 0 Å². The number of anilines is 1. The summed E-state index contributed by atoms with van der Waals surface area (Å²) in [6, 6.07) is 0.751. The van der Waals surface area contributed by atoms with Crippen molar-refractivity contribution in [2.24, 2.45) is 0 Å². The number of carbonyl (C=O) groups is 1. The first-order valence-corrected chi connectivity index (χ1v) is 7.52. The minimum Gasteiger partial charge on any atom is -0.464 e. The predicted octanol–water partition coefficient (Wildman–Crippen LogP) is 1.62. The molecule has 1 aromatic rings. The molecule has 0 aromatic carbocycles. The molecule has 6 nitrogen and oxygen atoms in total. The summed E-state index contributed by atoms with van der Waals surface area (Å²) in [5, 5.41) is 3.54. The van der Waals surface area contributed by atoms with Gasteiger partial charge in [-0.1, -0.05) is 6.42 Å². The normalized spacial score (nSPS) is 18.6. The molecule has 2 heterocycles. The monoisotopic (exact) mass is 292 g/mol. The highest BCUT2D eigenvalue weighted by atomic mass is 16.5. The minimum absolute atomic E-state index is 0.247. The van der Waals surface area contributed by atoms with Gasteiger partial charge >= 0.3 is 5.97 Å². The van der Waals surface area contributed by atoms with Gasteiger partial charge in [-0.3, -0.25) is 4.98 Å². The van der Waals surface area contributed by atoms with E-state index in [1.807, 2.05) is 0 Å². The lowest BCUT2D eigenvalue weighted by Gasteiger charge is -2.33. The van der Waals surface area contributed by atoms with Crippen LogP contribution in [-0.2, 0) is 4.74 Å². The van der Waals surface area contributed by atoms with Crippen LogP contribution in [0.2, 0.25) is 0 Å². The number of carbonyl (C=O) groups excluding carboxylic acids is 1. The van der Waals surface area contributed by atoms with E-state index >= 15 is 0 Å². The highest BCUT2D eigenvalue weighted by molar-refractivity contribution is 5.87. The molecule has 0 amide bonds. The summed E-state index contributed by atoms with van der Waals surface area (Å²) in [6.07, 6.45) is 6.82. The van der Waals surface area contributed by atoms with Crippen LogP contribution in [0.4, 0.5) is 5.82 Å². The molecule has 1 aliphatic rings. The standard InChI is InChI=1S/C15H24N4O2/c1-11(2)19(10-12-6-4-5-7-17-12)14-9-16-8-13(18-14)15(20)21-3/h8-9,11-12,17H,4-7,10H2,1-3H3. The van der Waals surface area contributed by atoms with Gasteiger partial charge in [0, 0.05) is 18.6 Å². The van der Waals surface area contributed by atoms with E-state index in [2.05, 4.69) is 34.0 Å². The van der Waals surface area contributed by atoms with Crippen LogP contribution in [0.3, 0.4) is 0 Å². The first-order valence-electron chi connectivity index (χ1n) is 7.52. The maximum atomic E-state index is 11.6. The molecule has 1 unspecified atom stereocenters. The third-order valence-corrected chi connectivity index (χ3v) is 3.76. The zero-order valence-electron chi connectivity index (χ0n) is 13.0. The van der Waals surface area contributed by atoms with Crippen molar-refractivity contribution in [1.29, 1.82) is 0 Å². The van der Waals surface area contributed by atoms with Gasteiger partial charge in [-0.05, 0) is 33.2 Å².